The first kappa shape index (κ1) is 12.6. The van der Waals surface area contributed by atoms with Crippen LogP contribution in [0.5, 0.6) is 0 Å². The quantitative estimate of drug-likeness (QED) is 0.649. The maximum atomic E-state index is 3.62. The highest BCUT2D eigenvalue weighted by Gasteiger charge is 2.29. The Balaban J connectivity index is 2.33. The van der Waals surface area contributed by atoms with Gasteiger partial charge < -0.3 is 0 Å². The summed E-state index contributed by atoms with van der Waals surface area (Å²) in [4.78, 5) is 0. The van der Waals surface area contributed by atoms with Crippen LogP contribution in [-0.2, 0) is 0 Å². The summed E-state index contributed by atoms with van der Waals surface area (Å²) in [6.45, 7) is 13.6. The third-order valence-electron chi connectivity index (χ3n) is 4.28. The minimum absolute atomic E-state index is 0.154. The molecule has 2 aliphatic rings. The van der Waals surface area contributed by atoms with Crippen LogP contribution in [0.1, 0.15) is 48.0 Å². The van der Waals surface area contributed by atoms with Gasteiger partial charge in [-0.25, -0.2) is 0 Å². The number of hydrogen-bond acceptors (Lipinski definition) is 0. The van der Waals surface area contributed by atoms with E-state index in [1.807, 2.05) is 0 Å². The maximum absolute atomic E-state index is 3.62. The SMILES string of the molecule is CC1=[C]CC(C)=C1[SiH2]C1=C(C)C(C)(C)[C]=C1C. The predicted molar refractivity (Wildman–Crippen MR) is 77.2 cm³/mol. The van der Waals surface area contributed by atoms with Gasteiger partial charge in [0.25, 0.3) is 0 Å². The minimum Gasteiger partial charge on any atom is -0.0696 e. The summed E-state index contributed by atoms with van der Waals surface area (Å²) in [7, 11) is -0.334. The molecular weight excluding hydrogens is 220 g/mol. The molecule has 0 aromatic rings. The van der Waals surface area contributed by atoms with Gasteiger partial charge in [0.2, 0.25) is 0 Å². The van der Waals surface area contributed by atoms with E-state index in [0.717, 1.165) is 6.42 Å². The van der Waals surface area contributed by atoms with Crippen LogP contribution in [0.3, 0.4) is 0 Å². The molecule has 0 bridgehead atoms. The summed E-state index contributed by atoms with van der Waals surface area (Å²) in [6.07, 6.45) is 8.14. The van der Waals surface area contributed by atoms with Crippen LogP contribution in [0.4, 0.5) is 0 Å². The summed E-state index contributed by atoms with van der Waals surface area (Å²) < 4.78 is 0. The molecule has 0 unspecified atom stereocenters. The van der Waals surface area contributed by atoms with E-state index < -0.39 is 0 Å². The van der Waals surface area contributed by atoms with E-state index >= 15 is 0 Å². The van der Waals surface area contributed by atoms with E-state index in [0.29, 0.717) is 0 Å². The summed E-state index contributed by atoms with van der Waals surface area (Å²) >= 11 is 0. The van der Waals surface area contributed by atoms with Crippen LogP contribution in [0.15, 0.2) is 32.7 Å². The molecule has 2 aliphatic carbocycles. The van der Waals surface area contributed by atoms with Crippen LogP contribution in [0.2, 0.25) is 0 Å². The maximum Gasteiger partial charge on any atom is 0.0881 e. The van der Waals surface area contributed by atoms with Gasteiger partial charge in [-0.2, -0.15) is 0 Å². The van der Waals surface area contributed by atoms with Crippen molar-refractivity contribution >= 4 is 9.52 Å². The van der Waals surface area contributed by atoms with E-state index in [-0.39, 0.29) is 14.9 Å². The Hall–Kier alpha value is -0.823. The lowest BCUT2D eigenvalue weighted by molar-refractivity contribution is 0.569. The second-order valence-electron chi connectivity index (χ2n) is 5.89. The van der Waals surface area contributed by atoms with Crippen molar-refractivity contribution in [3.8, 4) is 0 Å². The highest BCUT2D eigenvalue weighted by Crippen LogP contribution is 2.40. The summed E-state index contributed by atoms with van der Waals surface area (Å²) in [6, 6.07) is 0. The number of hydrogen-bond donors (Lipinski definition) is 0. The molecule has 0 aromatic carbocycles. The van der Waals surface area contributed by atoms with Crippen molar-refractivity contribution in [3.63, 3.8) is 0 Å². The molecule has 0 N–H and O–H groups in total. The van der Waals surface area contributed by atoms with Gasteiger partial charge in [0.05, 0.1) is 9.52 Å². The van der Waals surface area contributed by atoms with Crippen molar-refractivity contribution in [2.75, 3.05) is 0 Å². The molecule has 17 heavy (non-hydrogen) atoms. The van der Waals surface area contributed by atoms with Gasteiger partial charge in [-0.3, -0.25) is 0 Å². The van der Waals surface area contributed by atoms with E-state index in [4.69, 9.17) is 0 Å². The molecule has 2 radical (unpaired) electrons. The molecule has 0 aromatic heterocycles. The molecule has 0 aliphatic heterocycles. The zero-order valence-corrected chi connectivity index (χ0v) is 13.3. The molecule has 0 heterocycles. The third kappa shape index (κ3) is 2.13. The fraction of sp³-hybridized carbons (Fsp3) is 0.500. The molecular formula is C16H22Si. The lowest BCUT2D eigenvalue weighted by Gasteiger charge is -2.18. The van der Waals surface area contributed by atoms with E-state index in [1.54, 1.807) is 21.5 Å². The molecule has 0 saturated carbocycles. The average Bonchev–Trinajstić information content (AvgIpc) is 2.62. The standard InChI is InChI=1S/C16H22Si/c1-10-7-8-11(2)14(10)17-15-12(3)9-16(5,6)13(15)4/h7,17H2,1-6H3. The zero-order chi connectivity index (χ0) is 12.8. The molecule has 0 spiro atoms. The van der Waals surface area contributed by atoms with E-state index in [1.165, 1.54) is 11.1 Å². The van der Waals surface area contributed by atoms with Crippen molar-refractivity contribution in [1.29, 1.82) is 0 Å². The summed E-state index contributed by atoms with van der Waals surface area (Å²) in [5.41, 5.74) is 6.06. The summed E-state index contributed by atoms with van der Waals surface area (Å²) in [5, 5.41) is 3.27. The smallest absolute Gasteiger partial charge is 0.0696 e. The Morgan fingerprint density at radius 3 is 2.06 bits per heavy atom. The third-order valence-corrected chi connectivity index (χ3v) is 7.18. The lowest BCUT2D eigenvalue weighted by atomic mass is 9.89. The molecule has 0 nitrogen and oxygen atoms in total. The van der Waals surface area contributed by atoms with Gasteiger partial charge in [-0.15, -0.1) is 0 Å². The van der Waals surface area contributed by atoms with Crippen LogP contribution in [0.25, 0.3) is 0 Å². The Labute approximate surface area is 108 Å². The van der Waals surface area contributed by atoms with Crippen LogP contribution in [-0.4, -0.2) is 9.52 Å². The first-order valence-electron chi connectivity index (χ1n) is 6.41. The van der Waals surface area contributed by atoms with E-state index in [9.17, 15) is 0 Å². The van der Waals surface area contributed by atoms with E-state index in [2.05, 4.69) is 53.7 Å². The van der Waals surface area contributed by atoms with Crippen molar-refractivity contribution in [2.24, 2.45) is 5.41 Å². The second kappa shape index (κ2) is 4.13. The topological polar surface area (TPSA) is 0 Å². The molecule has 0 atom stereocenters. The van der Waals surface area contributed by atoms with Crippen LogP contribution in [0, 0.1) is 17.6 Å². The van der Waals surface area contributed by atoms with Crippen LogP contribution >= 0.6 is 0 Å². The Morgan fingerprint density at radius 1 is 1.00 bits per heavy atom. The highest BCUT2D eigenvalue weighted by atomic mass is 28.2. The zero-order valence-electron chi connectivity index (χ0n) is 11.9. The van der Waals surface area contributed by atoms with Gasteiger partial charge in [-0.05, 0) is 57.4 Å². The molecule has 2 rings (SSSR count). The molecule has 1 heteroatoms. The highest BCUT2D eigenvalue weighted by molar-refractivity contribution is 6.57. The van der Waals surface area contributed by atoms with Gasteiger partial charge in [0, 0.05) is 5.41 Å². The van der Waals surface area contributed by atoms with Crippen molar-refractivity contribution in [1.82, 2.24) is 0 Å². The fourth-order valence-corrected chi connectivity index (χ4v) is 5.05. The average molecular weight is 242 g/mol. The predicted octanol–water partition coefficient (Wildman–Crippen LogP) is 3.65. The Morgan fingerprint density at radius 2 is 1.65 bits per heavy atom. The molecule has 0 fully saturated rings. The normalized spacial score (nSPS) is 24.1. The first-order chi connectivity index (χ1) is 7.83. The molecule has 0 saturated heterocycles. The first-order valence-corrected chi connectivity index (χ1v) is 7.83. The van der Waals surface area contributed by atoms with Crippen LogP contribution < -0.4 is 0 Å². The van der Waals surface area contributed by atoms with Gasteiger partial charge >= 0.3 is 0 Å². The molecule has 0 amide bonds. The minimum atomic E-state index is -0.334. The Kier molecular flexibility index (Phi) is 3.07. The molecule has 90 valence electrons. The second-order valence-corrected chi connectivity index (χ2v) is 7.66. The van der Waals surface area contributed by atoms with Crippen molar-refractivity contribution in [2.45, 2.75) is 48.0 Å². The van der Waals surface area contributed by atoms with Gasteiger partial charge in [0.1, 0.15) is 0 Å². The monoisotopic (exact) mass is 242 g/mol. The van der Waals surface area contributed by atoms with Gasteiger partial charge in [0.15, 0.2) is 0 Å². The number of rotatable bonds is 2. The van der Waals surface area contributed by atoms with Crippen molar-refractivity contribution < 1.29 is 0 Å². The van der Waals surface area contributed by atoms with Crippen molar-refractivity contribution in [3.05, 3.63) is 44.8 Å². The van der Waals surface area contributed by atoms with Gasteiger partial charge in [-0.1, -0.05) is 35.4 Å². The summed E-state index contributed by atoms with van der Waals surface area (Å²) in [5.74, 6) is 0. The lowest BCUT2D eigenvalue weighted by Crippen LogP contribution is -2.09. The fourth-order valence-electron chi connectivity index (χ4n) is 2.82. The largest absolute Gasteiger partial charge is 0.0881 e. The Bertz CT molecular complexity index is 482. The number of allylic oxidation sites excluding steroid dienone is 8.